The van der Waals surface area contributed by atoms with Gasteiger partial charge in [0.15, 0.2) is 16.6 Å². The molecule has 17 heteroatoms. The van der Waals surface area contributed by atoms with Crippen molar-refractivity contribution >= 4 is 62.2 Å². The van der Waals surface area contributed by atoms with Gasteiger partial charge in [0, 0.05) is 27.9 Å². The number of halogens is 8. The first kappa shape index (κ1) is 26.8. The molecule has 5 aromatic rings. The summed E-state index contributed by atoms with van der Waals surface area (Å²) in [6.07, 6.45) is -9.99. The van der Waals surface area contributed by atoms with E-state index in [0.29, 0.717) is 23.2 Å². The van der Waals surface area contributed by atoms with Crippen molar-refractivity contribution in [2.45, 2.75) is 32.9 Å². The first-order valence-electron chi connectivity index (χ1n) is 10.0. The van der Waals surface area contributed by atoms with Crippen molar-refractivity contribution in [3.63, 3.8) is 0 Å². The highest BCUT2D eigenvalue weighted by atomic mass is 79.9. The minimum absolute atomic E-state index is 0.0246. The van der Waals surface area contributed by atoms with Crippen LogP contribution in [0.3, 0.4) is 0 Å². The summed E-state index contributed by atoms with van der Waals surface area (Å²) in [5.41, 5.74) is -2.22. The zero-order chi connectivity index (χ0) is 27.2. The van der Waals surface area contributed by atoms with Gasteiger partial charge in [0.25, 0.3) is 5.22 Å². The molecule has 196 valence electrons. The fourth-order valence-corrected chi connectivity index (χ4v) is 5.23. The molecule has 0 aliphatic carbocycles. The van der Waals surface area contributed by atoms with E-state index in [1.807, 2.05) is 0 Å². The third-order valence-electron chi connectivity index (χ3n) is 4.68. The molecule has 2 aromatic carbocycles. The van der Waals surface area contributed by atoms with E-state index in [1.165, 1.54) is 6.07 Å². The average Bonchev–Trinajstić information content (AvgIpc) is 3.43. The maximum atomic E-state index is 13.2. The summed E-state index contributed by atoms with van der Waals surface area (Å²) in [7, 11) is 0. The molecule has 1 N–H and O–H groups in total. The van der Waals surface area contributed by atoms with Crippen molar-refractivity contribution < 1.29 is 30.8 Å². The van der Waals surface area contributed by atoms with Crippen LogP contribution in [-0.4, -0.2) is 30.1 Å². The monoisotopic (exact) mass is 652 g/mol. The highest BCUT2D eigenvalue weighted by Gasteiger charge is 2.37. The largest absolute Gasteiger partial charge is 0.431 e. The number of oxazole rings is 1. The first-order chi connectivity index (χ1) is 17.8. The number of fused-ring (bicyclic) bond motifs is 1. The Morgan fingerprint density at radius 2 is 1.53 bits per heavy atom. The van der Waals surface area contributed by atoms with E-state index in [1.54, 1.807) is 18.2 Å². The molecule has 0 aliphatic rings. The normalized spacial score (nSPS) is 12.4. The number of hydrogen-bond donors (Lipinski definition) is 1. The van der Waals surface area contributed by atoms with E-state index < -0.39 is 29.0 Å². The van der Waals surface area contributed by atoms with E-state index in [0.717, 1.165) is 28.0 Å². The van der Waals surface area contributed by atoms with Crippen molar-refractivity contribution in [3.8, 4) is 11.4 Å². The molecule has 0 fully saturated rings. The van der Waals surface area contributed by atoms with Gasteiger partial charge < -0.3 is 4.42 Å². The van der Waals surface area contributed by atoms with Gasteiger partial charge in [-0.3, -0.25) is 5.10 Å². The van der Waals surface area contributed by atoms with E-state index in [4.69, 9.17) is 16.0 Å². The number of nitrogens with zero attached hydrogens (tertiary/aromatic N) is 5. The molecular weight excluding hydrogens is 646 g/mol. The molecule has 0 atom stereocenters. The standard InChI is InChI=1S/C21H8BrClF6N6OS2/c22-11-1-2-13-12(6-11)30-19(36-13)38-17-31-14(23)7-15(32-17)37-18-33-16(34-35-18)8-3-9(20(24,25)26)5-10(4-8)21(27,28)29/h1-7H,(H,33,34,35). The van der Waals surface area contributed by atoms with Crippen LogP contribution in [0.15, 0.2) is 71.9 Å². The lowest BCUT2D eigenvalue weighted by Gasteiger charge is -2.13. The number of benzene rings is 2. The molecule has 0 saturated carbocycles. The SMILES string of the molecule is FC(F)(F)c1cc(-c2nc(Sc3cc(Cl)nc(Sc4nc5cc(Br)ccc5o4)n3)n[nH]2)cc(C(F)(F)F)c1. The van der Waals surface area contributed by atoms with Gasteiger partial charge in [0.2, 0.25) is 5.16 Å². The van der Waals surface area contributed by atoms with Crippen LogP contribution in [0.1, 0.15) is 11.1 Å². The summed E-state index contributed by atoms with van der Waals surface area (Å²) in [5.74, 6) is -0.295. The van der Waals surface area contributed by atoms with Gasteiger partial charge in [-0.25, -0.2) is 19.9 Å². The second kappa shape index (κ2) is 10.1. The van der Waals surface area contributed by atoms with Gasteiger partial charge in [-0.1, -0.05) is 27.5 Å². The van der Waals surface area contributed by atoms with Gasteiger partial charge in [0.05, 0.1) is 11.1 Å². The summed E-state index contributed by atoms with van der Waals surface area (Å²) < 4.78 is 85.6. The highest BCUT2D eigenvalue weighted by Crippen LogP contribution is 2.39. The molecule has 3 heterocycles. The fraction of sp³-hybridized carbons (Fsp3) is 0.0952. The van der Waals surface area contributed by atoms with Crippen molar-refractivity contribution in [2.24, 2.45) is 0 Å². The second-order valence-corrected chi connectivity index (χ2v) is 10.6. The van der Waals surface area contributed by atoms with Crippen LogP contribution in [0.25, 0.3) is 22.5 Å². The molecule has 38 heavy (non-hydrogen) atoms. The van der Waals surface area contributed by atoms with Crippen LogP contribution in [0.5, 0.6) is 0 Å². The van der Waals surface area contributed by atoms with Crippen LogP contribution in [0.4, 0.5) is 26.3 Å². The lowest BCUT2D eigenvalue weighted by atomic mass is 10.0. The Morgan fingerprint density at radius 3 is 2.21 bits per heavy atom. The second-order valence-electron chi connectivity index (χ2n) is 7.37. The van der Waals surface area contributed by atoms with Gasteiger partial charge >= 0.3 is 12.4 Å². The Morgan fingerprint density at radius 1 is 0.816 bits per heavy atom. The number of nitrogens with one attached hydrogen (secondary N) is 1. The van der Waals surface area contributed by atoms with Crippen LogP contribution in [0, 0.1) is 0 Å². The first-order valence-corrected chi connectivity index (χ1v) is 12.8. The Balaban J connectivity index is 1.40. The molecule has 0 bridgehead atoms. The van der Waals surface area contributed by atoms with Gasteiger partial charge in [-0.05, 0) is 48.2 Å². The lowest BCUT2D eigenvalue weighted by molar-refractivity contribution is -0.143. The number of hydrogen-bond acceptors (Lipinski definition) is 8. The topological polar surface area (TPSA) is 93.4 Å². The predicted molar refractivity (Wildman–Crippen MR) is 129 cm³/mol. The van der Waals surface area contributed by atoms with Gasteiger partial charge in [0.1, 0.15) is 15.7 Å². The van der Waals surface area contributed by atoms with Crippen LogP contribution >= 0.6 is 51.1 Å². The molecule has 0 radical (unpaired) electrons. The molecule has 0 saturated heterocycles. The molecule has 0 aliphatic heterocycles. The van der Waals surface area contributed by atoms with Gasteiger partial charge in [-0.2, -0.15) is 26.3 Å². The Kier molecular flexibility index (Phi) is 7.08. The molecule has 0 amide bonds. The van der Waals surface area contributed by atoms with E-state index in [2.05, 4.69) is 46.1 Å². The van der Waals surface area contributed by atoms with Crippen molar-refractivity contribution in [1.82, 2.24) is 30.1 Å². The number of aromatic nitrogens is 6. The summed E-state index contributed by atoms with van der Waals surface area (Å²) in [6, 6.07) is 7.83. The molecule has 0 spiro atoms. The smallest absolute Gasteiger partial charge is 0.416 e. The minimum Gasteiger partial charge on any atom is -0.431 e. The molecule has 3 aromatic heterocycles. The number of alkyl halides is 6. The Bertz CT molecular complexity index is 1630. The van der Waals surface area contributed by atoms with E-state index >= 15 is 0 Å². The predicted octanol–water partition coefficient (Wildman–Crippen LogP) is 8.16. The number of aromatic amines is 1. The van der Waals surface area contributed by atoms with E-state index in [-0.39, 0.29) is 37.6 Å². The quantitative estimate of drug-likeness (QED) is 0.115. The molecular formula is C21H8BrClF6N6OS2. The molecule has 0 unspecified atom stereocenters. The van der Waals surface area contributed by atoms with Crippen molar-refractivity contribution in [2.75, 3.05) is 0 Å². The number of H-pyrrole nitrogens is 1. The van der Waals surface area contributed by atoms with Crippen LogP contribution < -0.4 is 0 Å². The third-order valence-corrected chi connectivity index (χ3v) is 6.87. The highest BCUT2D eigenvalue weighted by molar-refractivity contribution is 9.10. The summed E-state index contributed by atoms with van der Waals surface area (Å²) in [5, 5.41) is 6.96. The number of rotatable bonds is 5. The van der Waals surface area contributed by atoms with Gasteiger partial charge in [-0.15, -0.1) is 5.10 Å². The Labute approximate surface area is 229 Å². The zero-order valence-corrected chi connectivity index (χ0v) is 22.0. The van der Waals surface area contributed by atoms with Crippen molar-refractivity contribution in [3.05, 3.63) is 63.2 Å². The lowest BCUT2D eigenvalue weighted by Crippen LogP contribution is -2.11. The fourth-order valence-electron chi connectivity index (χ4n) is 3.08. The van der Waals surface area contributed by atoms with Crippen LogP contribution in [0.2, 0.25) is 5.15 Å². The average molecular weight is 654 g/mol. The maximum Gasteiger partial charge on any atom is 0.416 e. The molecule has 7 nitrogen and oxygen atoms in total. The van der Waals surface area contributed by atoms with E-state index in [9.17, 15) is 26.3 Å². The zero-order valence-electron chi connectivity index (χ0n) is 18.0. The Hall–Kier alpha value is -2.82. The van der Waals surface area contributed by atoms with Crippen LogP contribution in [-0.2, 0) is 12.4 Å². The maximum absolute atomic E-state index is 13.2. The summed E-state index contributed by atoms with van der Waals surface area (Å²) in [4.78, 5) is 16.8. The molecule has 5 rings (SSSR count). The minimum atomic E-state index is -5.00. The third kappa shape index (κ3) is 6.08. The summed E-state index contributed by atoms with van der Waals surface area (Å²) >= 11 is 11.3. The summed E-state index contributed by atoms with van der Waals surface area (Å²) in [6.45, 7) is 0. The van der Waals surface area contributed by atoms with Crippen molar-refractivity contribution in [1.29, 1.82) is 0 Å².